The van der Waals surface area contributed by atoms with Crippen LogP contribution in [0.15, 0.2) is 36.7 Å². The summed E-state index contributed by atoms with van der Waals surface area (Å²) in [6.07, 6.45) is 4.53. The number of amides is 2. The summed E-state index contributed by atoms with van der Waals surface area (Å²) >= 11 is 0. The van der Waals surface area contributed by atoms with Gasteiger partial charge >= 0.3 is 6.03 Å². The number of nitrogens with one attached hydrogen (secondary N) is 2. The summed E-state index contributed by atoms with van der Waals surface area (Å²) in [7, 11) is 0. The molecule has 1 aliphatic carbocycles. The summed E-state index contributed by atoms with van der Waals surface area (Å²) in [4.78, 5) is 12.5. The minimum Gasteiger partial charge on any atom is -0.377 e. The lowest BCUT2D eigenvalue weighted by Gasteiger charge is -2.54. The number of hydrogen-bond donors (Lipinski definition) is 2. The van der Waals surface area contributed by atoms with Gasteiger partial charge in [-0.05, 0) is 30.7 Å². The number of fused-ring (bicyclic) bond motifs is 1. The number of benzene rings is 1. The van der Waals surface area contributed by atoms with Crippen LogP contribution in [0.3, 0.4) is 0 Å². The molecule has 4 rings (SSSR count). The molecular weight excluding hydrogens is 323 g/mol. The van der Waals surface area contributed by atoms with Gasteiger partial charge in [0.15, 0.2) is 0 Å². The van der Waals surface area contributed by atoms with Crippen LogP contribution in [0, 0.1) is 17.2 Å². The zero-order chi connectivity index (χ0) is 17.6. The van der Waals surface area contributed by atoms with Crippen molar-refractivity contribution in [3.63, 3.8) is 0 Å². The fourth-order valence-corrected chi connectivity index (χ4v) is 4.14. The van der Waals surface area contributed by atoms with Crippen LogP contribution in [0.1, 0.15) is 20.3 Å². The highest BCUT2D eigenvalue weighted by molar-refractivity contribution is 5.91. The number of halogens is 1. The Hall–Kier alpha value is -2.41. The Labute approximate surface area is 145 Å². The fraction of sp³-hybridized carbons (Fsp3) is 0.444. The Bertz CT molecular complexity index is 790. The third-order valence-corrected chi connectivity index (χ3v) is 5.35. The van der Waals surface area contributed by atoms with Crippen LogP contribution in [0.25, 0.3) is 5.69 Å². The van der Waals surface area contributed by atoms with Gasteiger partial charge in [0.2, 0.25) is 0 Å². The second-order valence-electron chi connectivity index (χ2n) is 7.25. The average Bonchev–Trinajstić information content (AvgIpc) is 3.23. The van der Waals surface area contributed by atoms with E-state index in [2.05, 4.69) is 29.6 Å². The van der Waals surface area contributed by atoms with Crippen molar-refractivity contribution in [2.24, 2.45) is 11.3 Å². The van der Waals surface area contributed by atoms with E-state index in [1.54, 1.807) is 29.2 Å². The molecule has 3 atom stereocenters. The van der Waals surface area contributed by atoms with Gasteiger partial charge in [0.05, 0.1) is 17.5 Å². The quantitative estimate of drug-likeness (QED) is 0.899. The van der Waals surface area contributed by atoms with Gasteiger partial charge in [-0.15, -0.1) is 0 Å². The number of nitrogens with zero attached hydrogens (tertiary/aromatic N) is 2. The number of carbonyl (C=O) groups excluding carboxylic acids is 1. The number of anilines is 1. The van der Waals surface area contributed by atoms with E-state index in [0.717, 1.165) is 13.0 Å². The molecule has 2 heterocycles. The maximum absolute atomic E-state index is 13.7. The molecule has 3 unspecified atom stereocenters. The van der Waals surface area contributed by atoms with E-state index in [9.17, 15) is 9.18 Å². The third-order valence-electron chi connectivity index (χ3n) is 5.35. The van der Waals surface area contributed by atoms with Crippen molar-refractivity contribution in [1.29, 1.82) is 0 Å². The first-order valence-corrected chi connectivity index (χ1v) is 8.45. The van der Waals surface area contributed by atoms with Crippen LogP contribution >= 0.6 is 0 Å². The lowest BCUT2D eigenvalue weighted by Crippen LogP contribution is -2.67. The van der Waals surface area contributed by atoms with Gasteiger partial charge in [-0.1, -0.05) is 13.8 Å². The number of aromatic nitrogens is 2. The Morgan fingerprint density at radius 1 is 1.44 bits per heavy atom. The van der Waals surface area contributed by atoms with Crippen molar-refractivity contribution in [3.8, 4) is 5.69 Å². The van der Waals surface area contributed by atoms with Gasteiger partial charge in [-0.2, -0.15) is 5.10 Å². The zero-order valence-electron chi connectivity index (χ0n) is 14.2. The smallest absolute Gasteiger partial charge is 0.319 e. The maximum atomic E-state index is 13.7. The summed E-state index contributed by atoms with van der Waals surface area (Å²) < 4.78 is 21.0. The minimum atomic E-state index is -0.417. The summed E-state index contributed by atoms with van der Waals surface area (Å²) in [5, 5.41) is 9.95. The molecule has 1 saturated heterocycles. The lowest BCUT2D eigenvalue weighted by molar-refractivity contribution is -0.107. The van der Waals surface area contributed by atoms with E-state index in [1.807, 2.05) is 0 Å². The largest absolute Gasteiger partial charge is 0.377 e. The molecule has 2 amide bonds. The summed E-state index contributed by atoms with van der Waals surface area (Å²) in [5.41, 5.74) is 0.875. The molecule has 0 spiro atoms. The van der Waals surface area contributed by atoms with Gasteiger partial charge in [-0.3, -0.25) is 0 Å². The highest BCUT2D eigenvalue weighted by atomic mass is 19.1. The Morgan fingerprint density at radius 3 is 3.04 bits per heavy atom. The Kier molecular flexibility index (Phi) is 3.76. The molecule has 0 bridgehead atoms. The molecule has 1 saturated carbocycles. The molecule has 1 aromatic carbocycles. The Morgan fingerprint density at radius 2 is 2.28 bits per heavy atom. The first-order valence-electron chi connectivity index (χ1n) is 8.45. The van der Waals surface area contributed by atoms with Crippen molar-refractivity contribution in [1.82, 2.24) is 15.1 Å². The predicted molar refractivity (Wildman–Crippen MR) is 91.1 cm³/mol. The van der Waals surface area contributed by atoms with Crippen LogP contribution in [-0.4, -0.2) is 34.6 Å². The normalized spacial score (nSPS) is 26.6. The maximum Gasteiger partial charge on any atom is 0.319 e. The Balaban J connectivity index is 1.51. The van der Waals surface area contributed by atoms with Gasteiger partial charge in [0, 0.05) is 36.4 Å². The molecule has 2 aromatic rings. The SMILES string of the molecule is CC1(C)C(NC(=O)Nc2cc(F)ccc2-n2cccn2)C2CCOC21. The van der Waals surface area contributed by atoms with Gasteiger partial charge < -0.3 is 15.4 Å². The van der Waals surface area contributed by atoms with Gasteiger partial charge in [-0.25, -0.2) is 13.9 Å². The molecule has 6 nitrogen and oxygen atoms in total. The van der Waals surface area contributed by atoms with Crippen molar-refractivity contribution in [2.75, 3.05) is 11.9 Å². The molecule has 7 heteroatoms. The van der Waals surface area contributed by atoms with E-state index >= 15 is 0 Å². The van der Waals surface area contributed by atoms with Crippen molar-refractivity contribution in [2.45, 2.75) is 32.4 Å². The molecule has 2 N–H and O–H groups in total. The van der Waals surface area contributed by atoms with E-state index in [0.29, 0.717) is 17.3 Å². The number of urea groups is 1. The summed E-state index contributed by atoms with van der Waals surface area (Å²) in [5.74, 6) is -0.0710. The van der Waals surface area contributed by atoms with Crippen LogP contribution < -0.4 is 10.6 Å². The molecule has 0 radical (unpaired) electrons. The van der Waals surface area contributed by atoms with E-state index in [1.165, 1.54) is 12.1 Å². The monoisotopic (exact) mass is 344 g/mol. The van der Waals surface area contributed by atoms with E-state index in [-0.39, 0.29) is 23.6 Å². The molecule has 25 heavy (non-hydrogen) atoms. The zero-order valence-corrected chi connectivity index (χ0v) is 14.2. The predicted octanol–water partition coefficient (Wildman–Crippen LogP) is 2.95. The van der Waals surface area contributed by atoms with Gasteiger partial charge in [0.1, 0.15) is 5.82 Å². The van der Waals surface area contributed by atoms with Gasteiger partial charge in [0.25, 0.3) is 0 Å². The molecule has 1 aliphatic heterocycles. The molecule has 2 aliphatic rings. The van der Waals surface area contributed by atoms with Crippen LogP contribution in [0.2, 0.25) is 0 Å². The van der Waals surface area contributed by atoms with Crippen molar-refractivity contribution < 1.29 is 13.9 Å². The number of ether oxygens (including phenoxy) is 1. The number of rotatable bonds is 3. The fourth-order valence-electron chi connectivity index (χ4n) is 4.14. The molecule has 132 valence electrons. The summed E-state index contributed by atoms with van der Waals surface area (Å²) in [6.45, 7) is 4.94. The molecule has 1 aromatic heterocycles. The first-order chi connectivity index (χ1) is 12.0. The number of hydrogen-bond acceptors (Lipinski definition) is 3. The third kappa shape index (κ3) is 2.68. The number of carbonyl (C=O) groups is 1. The van der Waals surface area contributed by atoms with E-state index < -0.39 is 5.82 Å². The second kappa shape index (κ2) is 5.84. The standard InChI is InChI=1S/C18H21FN4O2/c1-18(2)15(12-6-9-25-16(12)18)22-17(24)21-13-10-11(19)4-5-14(13)23-8-3-7-20-23/h3-5,7-8,10,12,15-16H,6,9H2,1-2H3,(H2,21,22,24). The highest BCUT2D eigenvalue weighted by Crippen LogP contribution is 2.52. The molecule has 2 fully saturated rings. The second-order valence-corrected chi connectivity index (χ2v) is 7.25. The van der Waals surface area contributed by atoms with E-state index in [4.69, 9.17) is 4.74 Å². The first kappa shape index (κ1) is 16.1. The lowest BCUT2D eigenvalue weighted by atomic mass is 9.57. The summed E-state index contributed by atoms with van der Waals surface area (Å²) in [6, 6.07) is 5.69. The average molecular weight is 344 g/mol. The highest BCUT2D eigenvalue weighted by Gasteiger charge is 2.59. The van der Waals surface area contributed by atoms with Crippen molar-refractivity contribution >= 4 is 11.7 Å². The topological polar surface area (TPSA) is 68.2 Å². The minimum absolute atomic E-state index is 0.0433. The van der Waals surface area contributed by atoms with Crippen LogP contribution in [0.5, 0.6) is 0 Å². The van der Waals surface area contributed by atoms with Crippen LogP contribution in [0.4, 0.5) is 14.9 Å². The van der Waals surface area contributed by atoms with Crippen molar-refractivity contribution in [3.05, 3.63) is 42.5 Å². The van der Waals surface area contributed by atoms with Crippen LogP contribution in [-0.2, 0) is 4.74 Å². The molecular formula is C18H21FN4O2.